The summed E-state index contributed by atoms with van der Waals surface area (Å²) in [6, 6.07) is 0. The van der Waals surface area contributed by atoms with E-state index in [-0.39, 0.29) is 5.91 Å². The fraction of sp³-hybridized carbons (Fsp3) is 0.867. The van der Waals surface area contributed by atoms with Crippen molar-refractivity contribution < 1.29 is 14.7 Å². The van der Waals surface area contributed by atoms with E-state index in [2.05, 4.69) is 0 Å². The van der Waals surface area contributed by atoms with Crippen LogP contribution < -0.4 is 0 Å². The number of piperidine rings is 1. The van der Waals surface area contributed by atoms with E-state index in [1.807, 2.05) is 16.7 Å². The molecule has 0 saturated carbocycles. The van der Waals surface area contributed by atoms with Crippen LogP contribution in [0.2, 0.25) is 0 Å². The van der Waals surface area contributed by atoms with E-state index in [9.17, 15) is 14.7 Å². The van der Waals surface area contributed by atoms with Crippen molar-refractivity contribution in [1.82, 2.24) is 9.80 Å². The molecule has 2 heterocycles. The molecule has 2 aliphatic rings. The number of carbonyl (C=O) groups excluding carboxylic acids is 1. The summed E-state index contributed by atoms with van der Waals surface area (Å²) in [6.07, 6.45) is 5.39. The minimum atomic E-state index is -0.697. The van der Waals surface area contributed by atoms with Crippen molar-refractivity contribution in [2.75, 3.05) is 32.7 Å². The van der Waals surface area contributed by atoms with E-state index in [1.165, 1.54) is 0 Å². The highest BCUT2D eigenvalue weighted by Crippen LogP contribution is 2.35. The summed E-state index contributed by atoms with van der Waals surface area (Å²) in [7, 11) is 0. The van der Waals surface area contributed by atoms with E-state index in [0.717, 1.165) is 51.7 Å². The zero-order valence-electron chi connectivity index (χ0n) is 12.4. The first-order chi connectivity index (χ1) is 9.57. The third kappa shape index (κ3) is 3.32. The molecule has 0 bridgehead atoms. The van der Waals surface area contributed by atoms with Crippen molar-refractivity contribution in [2.45, 2.75) is 45.4 Å². The van der Waals surface area contributed by atoms with Crippen LogP contribution in [0.4, 0.5) is 0 Å². The van der Waals surface area contributed by atoms with Crippen LogP contribution in [0.3, 0.4) is 0 Å². The van der Waals surface area contributed by atoms with Crippen molar-refractivity contribution in [3.63, 3.8) is 0 Å². The molecular formula is C15H26N2O3. The second kappa shape index (κ2) is 6.57. The van der Waals surface area contributed by atoms with E-state index in [4.69, 9.17) is 0 Å². The average molecular weight is 282 g/mol. The first-order valence-corrected chi connectivity index (χ1v) is 7.81. The number of hydrogen-bond acceptors (Lipinski definition) is 3. The quantitative estimate of drug-likeness (QED) is 0.831. The van der Waals surface area contributed by atoms with Crippen LogP contribution in [-0.2, 0) is 9.59 Å². The first-order valence-electron chi connectivity index (χ1n) is 7.81. The minimum absolute atomic E-state index is 0.167. The van der Waals surface area contributed by atoms with E-state index >= 15 is 0 Å². The van der Waals surface area contributed by atoms with Gasteiger partial charge in [-0.2, -0.15) is 0 Å². The van der Waals surface area contributed by atoms with Gasteiger partial charge in [-0.15, -0.1) is 0 Å². The standard InChI is InChI=1S/C15H26N2O3/c1-2-6-15(14(19)20)7-5-8-16(12-15)11-13(18)17-9-3-4-10-17/h2-12H2,1H3,(H,19,20). The molecule has 20 heavy (non-hydrogen) atoms. The number of rotatable bonds is 5. The third-order valence-electron chi connectivity index (χ3n) is 4.66. The largest absolute Gasteiger partial charge is 0.481 e. The van der Waals surface area contributed by atoms with Gasteiger partial charge in [0.15, 0.2) is 0 Å². The SMILES string of the molecule is CCCC1(C(=O)O)CCCN(CC(=O)N2CCCC2)C1. The second-order valence-electron chi connectivity index (χ2n) is 6.24. The summed E-state index contributed by atoms with van der Waals surface area (Å²) < 4.78 is 0. The Bertz CT molecular complexity index is 362. The van der Waals surface area contributed by atoms with Crippen LogP contribution in [-0.4, -0.2) is 59.5 Å². The molecule has 0 radical (unpaired) electrons. The molecule has 2 aliphatic heterocycles. The predicted octanol–water partition coefficient (Wildman–Crippen LogP) is 1.58. The number of aliphatic carboxylic acids is 1. The molecule has 0 aliphatic carbocycles. The fourth-order valence-electron chi connectivity index (χ4n) is 3.58. The molecule has 2 rings (SSSR count). The molecule has 0 aromatic heterocycles. The van der Waals surface area contributed by atoms with Crippen molar-refractivity contribution >= 4 is 11.9 Å². The Morgan fingerprint density at radius 3 is 2.45 bits per heavy atom. The maximum Gasteiger partial charge on any atom is 0.310 e. The summed E-state index contributed by atoms with van der Waals surface area (Å²) in [4.78, 5) is 27.8. The molecule has 1 unspecified atom stereocenters. The molecule has 0 spiro atoms. The van der Waals surface area contributed by atoms with E-state index in [0.29, 0.717) is 19.5 Å². The molecule has 0 aromatic carbocycles. The monoisotopic (exact) mass is 282 g/mol. The van der Waals surface area contributed by atoms with E-state index in [1.54, 1.807) is 0 Å². The Morgan fingerprint density at radius 1 is 1.15 bits per heavy atom. The van der Waals surface area contributed by atoms with Crippen LogP contribution >= 0.6 is 0 Å². The van der Waals surface area contributed by atoms with Crippen LogP contribution in [0.15, 0.2) is 0 Å². The number of carboxylic acid groups (broad SMARTS) is 1. The lowest BCUT2D eigenvalue weighted by atomic mass is 9.76. The molecule has 1 atom stereocenters. The minimum Gasteiger partial charge on any atom is -0.481 e. The number of carboxylic acids is 1. The molecular weight excluding hydrogens is 256 g/mol. The molecule has 0 aromatic rings. The molecule has 5 nitrogen and oxygen atoms in total. The van der Waals surface area contributed by atoms with Crippen LogP contribution in [0, 0.1) is 5.41 Å². The zero-order chi connectivity index (χ0) is 14.6. The Morgan fingerprint density at radius 2 is 1.85 bits per heavy atom. The lowest BCUT2D eigenvalue weighted by Crippen LogP contribution is -2.50. The van der Waals surface area contributed by atoms with Crippen molar-refractivity contribution in [2.24, 2.45) is 5.41 Å². The Balaban J connectivity index is 1.95. The summed E-state index contributed by atoms with van der Waals surface area (Å²) in [5, 5.41) is 9.56. The molecule has 5 heteroatoms. The van der Waals surface area contributed by atoms with Gasteiger partial charge in [-0.1, -0.05) is 13.3 Å². The van der Waals surface area contributed by atoms with Gasteiger partial charge < -0.3 is 10.0 Å². The molecule has 1 amide bonds. The smallest absolute Gasteiger partial charge is 0.310 e. The van der Waals surface area contributed by atoms with Gasteiger partial charge in [-0.3, -0.25) is 14.5 Å². The number of hydrogen-bond donors (Lipinski definition) is 1. The summed E-state index contributed by atoms with van der Waals surface area (Å²) >= 11 is 0. The van der Waals surface area contributed by atoms with Crippen LogP contribution in [0.1, 0.15) is 45.4 Å². The number of amides is 1. The lowest BCUT2D eigenvalue weighted by molar-refractivity contribution is -0.154. The van der Waals surface area contributed by atoms with Crippen LogP contribution in [0.5, 0.6) is 0 Å². The normalized spacial score (nSPS) is 27.8. The Hall–Kier alpha value is -1.10. The number of carbonyl (C=O) groups is 2. The molecule has 2 fully saturated rings. The van der Waals surface area contributed by atoms with Crippen molar-refractivity contribution in [1.29, 1.82) is 0 Å². The van der Waals surface area contributed by atoms with Crippen molar-refractivity contribution in [3.05, 3.63) is 0 Å². The number of likely N-dealkylation sites (tertiary alicyclic amines) is 2. The lowest BCUT2D eigenvalue weighted by Gasteiger charge is -2.40. The van der Waals surface area contributed by atoms with Gasteiger partial charge in [0, 0.05) is 19.6 Å². The Kier molecular flexibility index (Phi) is 5.02. The maximum absolute atomic E-state index is 12.2. The highest BCUT2D eigenvalue weighted by Gasteiger charge is 2.42. The average Bonchev–Trinajstić information content (AvgIpc) is 2.93. The zero-order valence-corrected chi connectivity index (χ0v) is 12.4. The van der Waals surface area contributed by atoms with Gasteiger partial charge >= 0.3 is 5.97 Å². The maximum atomic E-state index is 12.2. The topological polar surface area (TPSA) is 60.9 Å². The molecule has 1 N–H and O–H groups in total. The van der Waals surface area contributed by atoms with Gasteiger partial charge in [0.05, 0.1) is 12.0 Å². The summed E-state index contributed by atoms with van der Waals surface area (Å²) in [5.41, 5.74) is -0.641. The second-order valence-corrected chi connectivity index (χ2v) is 6.24. The van der Waals surface area contributed by atoms with Gasteiger partial charge in [0.2, 0.25) is 5.91 Å². The summed E-state index contributed by atoms with van der Waals surface area (Å²) in [6.45, 7) is 5.52. The first kappa shape index (κ1) is 15.3. The van der Waals surface area contributed by atoms with Gasteiger partial charge in [0.1, 0.15) is 0 Å². The number of nitrogens with zero attached hydrogens (tertiary/aromatic N) is 2. The molecule has 114 valence electrons. The Labute approximate surface area is 120 Å². The van der Waals surface area contributed by atoms with Gasteiger partial charge in [-0.05, 0) is 38.6 Å². The van der Waals surface area contributed by atoms with Gasteiger partial charge in [-0.25, -0.2) is 0 Å². The molecule has 2 saturated heterocycles. The van der Waals surface area contributed by atoms with Gasteiger partial charge in [0.25, 0.3) is 0 Å². The van der Waals surface area contributed by atoms with Crippen molar-refractivity contribution in [3.8, 4) is 0 Å². The summed E-state index contributed by atoms with van der Waals surface area (Å²) in [5.74, 6) is -0.530. The van der Waals surface area contributed by atoms with E-state index < -0.39 is 11.4 Å². The highest BCUT2D eigenvalue weighted by atomic mass is 16.4. The highest BCUT2D eigenvalue weighted by molar-refractivity contribution is 5.79. The predicted molar refractivity (Wildman–Crippen MR) is 76.5 cm³/mol. The third-order valence-corrected chi connectivity index (χ3v) is 4.66. The van der Waals surface area contributed by atoms with Crippen LogP contribution in [0.25, 0.3) is 0 Å². The fourth-order valence-corrected chi connectivity index (χ4v) is 3.58.